The molecule has 9 heteroatoms. The minimum Gasteiger partial charge on any atom is -0.493 e. The van der Waals surface area contributed by atoms with E-state index in [-0.39, 0.29) is 18.0 Å². The second kappa shape index (κ2) is 7.87. The second-order valence-electron chi connectivity index (χ2n) is 5.87. The number of nitrogens with one attached hydrogen (secondary N) is 1. The summed E-state index contributed by atoms with van der Waals surface area (Å²) in [4.78, 5) is 23.0. The number of nitro benzene ring substituents is 1. The van der Waals surface area contributed by atoms with Crippen molar-refractivity contribution in [1.29, 1.82) is 0 Å². The number of fused-ring (bicyclic) bond motifs is 1. The third-order valence-corrected chi connectivity index (χ3v) is 4.12. The van der Waals surface area contributed by atoms with E-state index >= 15 is 0 Å². The number of carbonyl (C=O) groups excluding carboxylic acids is 1. The van der Waals surface area contributed by atoms with E-state index in [1.807, 2.05) is 6.92 Å². The Balaban J connectivity index is 1.82. The van der Waals surface area contributed by atoms with Crippen molar-refractivity contribution in [3.63, 3.8) is 0 Å². The molecule has 1 amide bonds. The summed E-state index contributed by atoms with van der Waals surface area (Å²) in [5.74, 6) is 1.25. The Kier molecular flexibility index (Phi) is 5.35. The summed E-state index contributed by atoms with van der Waals surface area (Å²) in [6.45, 7) is 1.81. The predicted octanol–water partition coefficient (Wildman–Crippen LogP) is 3.30. The molecule has 0 bridgehead atoms. The summed E-state index contributed by atoms with van der Waals surface area (Å²) in [7, 11) is 3.02. The molecule has 9 nitrogen and oxygen atoms in total. The molecule has 0 saturated heterocycles. The van der Waals surface area contributed by atoms with Crippen LogP contribution in [0.2, 0.25) is 0 Å². The lowest BCUT2D eigenvalue weighted by Gasteiger charge is -2.12. The molecule has 0 radical (unpaired) electrons. The largest absolute Gasteiger partial charge is 0.493 e. The average molecular weight is 386 g/mol. The number of carbonyl (C=O) groups is 1. The molecule has 3 rings (SSSR count). The maximum absolute atomic E-state index is 12.3. The van der Waals surface area contributed by atoms with Crippen LogP contribution in [0, 0.1) is 17.0 Å². The molecular weight excluding hydrogens is 368 g/mol. The van der Waals surface area contributed by atoms with Gasteiger partial charge in [-0.1, -0.05) is 0 Å². The van der Waals surface area contributed by atoms with Crippen molar-refractivity contribution in [2.75, 3.05) is 26.3 Å². The number of methoxy groups -OCH3 is 2. The molecule has 0 saturated carbocycles. The summed E-state index contributed by atoms with van der Waals surface area (Å²) in [6.07, 6.45) is 2.56. The molecule has 146 valence electrons. The van der Waals surface area contributed by atoms with Crippen LogP contribution in [-0.2, 0) is 4.79 Å². The number of nitro groups is 1. The van der Waals surface area contributed by atoms with Gasteiger partial charge in [0, 0.05) is 17.8 Å². The van der Waals surface area contributed by atoms with E-state index in [1.165, 1.54) is 38.5 Å². The van der Waals surface area contributed by atoms with E-state index in [1.54, 1.807) is 12.1 Å². The molecule has 0 unspecified atom stereocenters. The Bertz CT molecular complexity index is 969. The Labute approximate surface area is 160 Å². The summed E-state index contributed by atoms with van der Waals surface area (Å²) in [6, 6.07) is 6.12. The van der Waals surface area contributed by atoms with Gasteiger partial charge in [-0.3, -0.25) is 14.9 Å². The lowest BCUT2D eigenvalue weighted by molar-refractivity contribution is -0.385. The first-order valence-corrected chi connectivity index (χ1v) is 8.22. The molecule has 2 aromatic carbocycles. The lowest BCUT2D eigenvalue weighted by Crippen LogP contribution is -2.09. The number of hydrogen-bond donors (Lipinski definition) is 1. The van der Waals surface area contributed by atoms with Crippen LogP contribution in [0.5, 0.6) is 23.0 Å². The number of ether oxygens (including phenoxy) is 4. The zero-order valence-electron chi connectivity index (χ0n) is 15.5. The van der Waals surface area contributed by atoms with Crippen molar-refractivity contribution in [2.24, 2.45) is 0 Å². The van der Waals surface area contributed by atoms with Crippen molar-refractivity contribution >= 4 is 23.4 Å². The zero-order chi connectivity index (χ0) is 20.3. The number of amides is 1. The molecule has 0 aromatic heterocycles. The van der Waals surface area contributed by atoms with Gasteiger partial charge in [0.2, 0.25) is 12.7 Å². The standard InChI is InChI=1S/C19H18N2O7/c1-11-6-15(25-2)16(26-3)8-13(11)20-19(22)5-4-12-7-17-18(28-10-27-17)9-14(12)21(23)24/h4-9H,10H2,1-3H3,(H,20,22)/b5-4+. The van der Waals surface area contributed by atoms with Gasteiger partial charge in [-0.25, -0.2) is 0 Å². The van der Waals surface area contributed by atoms with Gasteiger partial charge in [0.25, 0.3) is 5.69 Å². The highest BCUT2D eigenvalue weighted by atomic mass is 16.7. The van der Waals surface area contributed by atoms with Crippen LogP contribution >= 0.6 is 0 Å². The van der Waals surface area contributed by atoms with Crippen LogP contribution < -0.4 is 24.3 Å². The normalized spacial score (nSPS) is 12.1. The summed E-state index contributed by atoms with van der Waals surface area (Å²) in [5, 5.41) is 14.0. The molecular formula is C19H18N2O7. The Hall–Kier alpha value is -3.75. The Morgan fingerprint density at radius 1 is 1.14 bits per heavy atom. The van der Waals surface area contributed by atoms with Crippen LogP contribution in [0.1, 0.15) is 11.1 Å². The van der Waals surface area contributed by atoms with Crippen LogP contribution in [0.3, 0.4) is 0 Å². The van der Waals surface area contributed by atoms with Gasteiger partial charge in [0.15, 0.2) is 23.0 Å². The maximum atomic E-state index is 12.3. The smallest absolute Gasteiger partial charge is 0.280 e. The van der Waals surface area contributed by atoms with Crippen molar-refractivity contribution < 1.29 is 28.7 Å². The number of aryl methyl sites for hydroxylation is 1. The van der Waals surface area contributed by atoms with Crippen LogP contribution in [-0.4, -0.2) is 31.8 Å². The van der Waals surface area contributed by atoms with Gasteiger partial charge < -0.3 is 24.3 Å². The maximum Gasteiger partial charge on any atom is 0.280 e. The molecule has 0 fully saturated rings. The van der Waals surface area contributed by atoms with E-state index < -0.39 is 10.8 Å². The molecule has 2 aromatic rings. The third-order valence-electron chi connectivity index (χ3n) is 4.12. The fraction of sp³-hybridized carbons (Fsp3) is 0.211. The van der Waals surface area contributed by atoms with Gasteiger partial charge in [-0.15, -0.1) is 0 Å². The third kappa shape index (κ3) is 3.83. The SMILES string of the molecule is COc1cc(C)c(NC(=O)/C=C/c2cc3c(cc2[N+](=O)[O-])OCO3)cc1OC. The van der Waals surface area contributed by atoms with Gasteiger partial charge in [0.05, 0.1) is 30.8 Å². The van der Waals surface area contributed by atoms with Crippen molar-refractivity contribution in [1.82, 2.24) is 0 Å². The van der Waals surface area contributed by atoms with Crippen molar-refractivity contribution in [3.05, 3.63) is 51.6 Å². The monoisotopic (exact) mass is 386 g/mol. The number of benzene rings is 2. The zero-order valence-corrected chi connectivity index (χ0v) is 15.5. The topological polar surface area (TPSA) is 109 Å². The van der Waals surface area contributed by atoms with Crippen molar-refractivity contribution in [3.8, 4) is 23.0 Å². The van der Waals surface area contributed by atoms with E-state index in [2.05, 4.69) is 5.32 Å². The highest BCUT2D eigenvalue weighted by molar-refractivity contribution is 6.03. The van der Waals surface area contributed by atoms with Crippen LogP contribution in [0.25, 0.3) is 6.08 Å². The quantitative estimate of drug-likeness (QED) is 0.461. The minimum atomic E-state index is -0.544. The predicted molar refractivity (Wildman–Crippen MR) is 101 cm³/mol. The first kappa shape index (κ1) is 19.0. The van der Waals surface area contributed by atoms with Gasteiger partial charge in [-0.2, -0.15) is 0 Å². The van der Waals surface area contributed by atoms with Crippen LogP contribution in [0.4, 0.5) is 11.4 Å². The van der Waals surface area contributed by atoms with E-state index in [4.69, 9.17) is 18.9 Å². The van der Waals surface area contributed by atoms with Crippen LogP contribution in [0.15, 0.2) is 30.3 Å². The fourth-order valence-corrected chi connectivity index (χ4v) is 2.69. The van der Waals surface area contributed by atoms with Gasteiger partial charge >= 0.3 is 0 Å². The summed E-state index contributed by atoms with van der Waals surface area (Å²) >= 11 is 0. The molecule has 1 N–H and O–H groups in total. The van der Waals surface area contributed by atoms with Crippen molar-refractivity contribution in [2.45, 2.75) is 6.92 Å². The number of hydrogen-bond acceptors (Lipinski definition) is 7. The first-order valence-electron chi connectivity index (χ1n) is 8.22. The molecule has 0 aliphatic carbocycles. The summed E-state index contributed by atoms with van der Waals surface area (Å²) < 4.78 is 20.8. The average Bonchev–Trinajstić information content (AvgIpc) is 3.14. The molecule has 28 heavy (non-hydrogen) atoms. The minimum absolute atomic E-state index is 0.00127. The molecule has 1 aliphatic rings. The number of rotatable bonds is 6. The lowest BCUT2D eigenvalue weighted by atomic mass is 10.1. The Morgan fingerprint density at radius 2 is 1.79 bits per heavy atom. The van der Waals surface area contributed by atoms with E-state index in [0.29, 0.717) is 28.7 Å². The molecule has 1 heterocycles. The second-order valence-corrected chi connectivity index (χ2v) is 5.87. The van der Waals surface area contributed by atoms with Gasteiger partial charge in [-0.05, 0) is 30.7 Å². The first-order chi connectivity index (χ1) is 13.4. The highest BCUT2D eigenvalue weighted by Crippen LogP contribution is 2.38. The molecule has 0 atom stereocenters. The Morgan fingerprint density at radius 3 is 2.43 bits per heavy atom. The van der Waals surface area contributed by atoms with Gasteiger partial charge in [0.1, 0.15) is 0 Å². The highest BCUT2D eigenvalue weighted by Gasteiger charge is 2.22. The fourth-order valence-electron chi connectivity index (χ4n) is 2.69. The number of nitrogens with zero attached hydrogens (tertiary/aromatic N) is 1. The summed E-state index contributed by atoms with van der Waals surface area (Å²) in [5.41, 5.74) is 1.35. The number of anilines is 1. The molecule has 1 aliphatic heterocycles. The van der Waals surface area contributed by atoms with E-state index in [9.17, 15) is 14.9 Å². The molecule has 0 spiro atoms. The van der Waals surface area contributed by atoms with E-state index in [0.717, 1.165) is 5.56 Å².